The Kier molecular flexibility index (Phi) is 6.32. The number of hydrogen-bond donors (Lipinski definition) is 1. The molecule has 0 unspecified atom stereocenters. The Hall–Kier alpha value is -0.390. The van der Waals surface area contributed by atoms with Crippen LogP contribution in [0.1, 0.15) is 31.7 Å². The molecule has 1 rings (SSSR count). The molecule has 0 saturated carbocycles. The lowest BCUT2D eigenvalue weighted by Crippen LogP contribution is -2.29. The standard InChI is InChI=1S/C13H25BrN4/c1-10(2)17(4)8-6-7-15-9-12-13(14)11(3)16-18(12)5/h10,15H,6-9H2,1-5H3. The summed E-state index contributed by atoms with van der Waals surface area (Å²) >= 11 is 3.58. The van der Waals surface area contributed by atoms with Crippen molar-refractivity contribution in [3.8, 4) is 0 Å². The van der Waals surface area contributed by atoms with E-state index in [4.69, 9.17) is 0 Å². The van der Waals surface area contributed by atoms with Crippen LogP contribution in [0, 0.1) is 6.92 Å². The minimum Gasteiger partial charge on any atom is -0.311 e. The molecule has 0 aliphatic rings. The highest BCUT2D eigenvalue weighted by Gasteiger charge is 2.09. The van der Waals surface area contributed by atoms with Crippen molar-refractivity contribution in [3.63, 3.8) is 0 Å². The summed E-state index contributed by atoms with van der Waals surface area (Å²) in [6.45, 7) is 9.50. The summed E-state index contributed by atoms with van der Waals surface area (Å²) in [6, 6.07) is 0.624. The number of aryl methyl sites for hydroxylation is 2. The Bertz CT molecular complexity index is 373. The van der Waals surface area contributed by atoms with Gasteiger partial charge in [0.15, 0.2) is 0 Å². The largest absolute Gasteiger partial charge is 0.311 e. The van der Waals surface area contributed by atoms with Crippen molar-refractivity contribution in [2.24, 2.45) is 7.05 Å². The molecule has 1 heterocycles. The maximum atomic E-state index is 4.38. The Labute approximate surface area is 119 Å². The predicted octanol–water partition coefficient (Wildman–Crippen LogP) is 2.31. The van der Waals surface area contributed by atoms with Crippen LogP contribution in [0.2, 0.25) is 0 Å². The van der Waals surface area contributed by atoms with Crippen LogP contribution in [0.4, 0.5) is 0 Å². The summed E-state index contributed by atoms with van der Waals surface area (Å²) in [6.07, 6.45) is 1.17. The summed E-state index contributed by atoms with van der Waals surface area (Å²) in [5.41, 5.74) is 2.26. The van der Waals surface area contributed by atoms with E-state index in [1.54, 1.807) is 0 Å². The molecule has 0 bridgehead atoms. The quantitative estimate of drug-likeness (QED) is 0.784. The van der Waals surface area contributed by atoms with Gasteiger partial charge in [-0.3, -0.25) is 4.68 Å². The fourth-order valence-corrected chi connectivity index (χ4v) is 2.27. The molecule has 0 amide bonds. The van der Waals surface area contributed by atoms with Crippen LogP contribution in [0.5, 0.6) is 0 Å². The van der Waals surface area contributed by atoms with Crippen LogP contribution in [0.25, 0.3) is 0 Å². The van der Waals surface area contributed by atoms with Gasteiger partial charge in [0, 0.05) is 19.6 Å². The number of hydrogen-bond acceptors (Lipinski definition) is 3. The average molecular weight is 317 g/mol. The van der Waals surface area contributed by atoms with Gasteiger partial charge in [-0.25, -0.2) is 0 Å². The number of nitrogens with one attached hydrogen (secondary N) is 1. The van der Waals surface area contributed by atoms with E-state index in [1.165, 1.54) is 12.1 Å². The molecule has 0 saturated heterocycles. The molecule has 0 aliphatic heterocycles. The molecular weight excluding hydrogens is 292 g/mol. The Morgan fingerprint density at radius 3 is 2.61 bits per heavy atom. The zero-order valence-electron chi connectivity index (χ0n) is 12.1. The van der Waals surface area contributed by atoms with E-state index in [0.29, 0.717) is 6.04 Å². The third-order valence-corrected chi connectivity index (χ3v) is 4.33. The van der Waals surface area contributed by atoms with Crippen molar-refractivity contribution >= 4 is 15.9 Å². The third kappa shape index (κ3) is 4.37. The lowest BCUT2D eigenvalue weighted by Gasteiger charge is -2.20. The van der Waals surface area contributed by atoms with Crippen LogP contribution < -0.4 is 5.32 Å². The first-order chi connectivity index (χ1) is 8.43. The second-order valence-electron chi connectivity index (χ2n) is 5.07. The van der Waals surface area contributed by atoms with Crippen LogP contribution in [0.15, 0.2) is 4.47 Å². The maximum absolute atomic E-state index is 4.38. The summed E-state index contributed by atoms with van der Waals surface area (Å²) in [7, 11) is 4.16. The summed E-state index contributed by atoms with van der Waals surface area (Å²) in [5.74, 6) is 0. The van der Waals surface area contributed by atoms with Gasteiger partial charge in [0.05, 0.1) is 15.9 Å². The van der Waals surface area contributed by atoms with Gasteiger partial charge in [-0.2, -0.15) is 5.10 Å². The van der Waals surface area contributed by atoms with Crippen molar-refractivity contribution in [2.75, 3.05) is 20.1 Å². The van der Waals surface area contributed by atoms with Crippen molar-refractivity contribution in [1.82, 2.24) is 20.0 Å². The normalized spacial score (nSPS) is 11.8. The molecule has 0 aromatic carbocycles. The van der Waals surface area contributed by atoms with Gasteiger partial charge in [-0.05, 0) is 63.3 Å². The molecule has 104 valence electrons. The van der Waals surface area contributed by atoms with Crippen molar-refractivity contribution < 1.29 is 0 Å². The Balaban J connectivity index is 2.26. The van der Waals surface area contributed by atoms with E-state index in [9.17, 15) is 0 Å². The molecule has 4 nitrogen and oxygen atoms in total. The molecule has 0 atom stereocenters. The summed E-state index contributed by atoms with van der Waals surface area (Å²) in [5, 5.41) is 7.86. The monoisotopic (exact) mass is 316 g/mol. The number of halogens is 1. The second kappa shape index (κ2) is 7.26. The average Bonchev–Trinajstić information content (AvgIpc) is 2.54. The number of aromatic nitrogens is 2. The zero-order valence-corrected chi connectivity index (χ0v) is 13.7. The molecule has 0 radical (unpaired) electrons. The van der Waals surface area contributed by atoms with Gasteiger partial charge in [0.25, 0.3) is 0 Å². The molecule has 5 heteroatoms. The van der Waals surface area contributed by atoms with E-state index < -0.39 is 0 Å². The molecule has 1 N–H and O–H groups in total. The fraction of sp³-hybridized carbons (Fsp3) is 0.769. The van der Waals surface area contributed by atoms with E-state index in [1.807, 2.05) is 18.7 Å². The van der Waals surface area contributed by atoms with Crippen molar-refractivity contribution in [1.29, 1.82) is 0 Å². The van der Waals surface area contributed by atoms with Crippen molar-refractivity contribution in [3.05, 3.63) is 15.9 Å². The van der Waals surface area contributed by atoms with Gasteiger partial charge < -0.3 is 10.2 Å². The van der Waals surface area contributed by atoms with Gasteiger partial charge in [-0.15, -0.1) is 0 Å². The van der Waals surface area contributed by atoms with E-state index in [-0.39, 0.29) is 0 Å². The molecule has 0 spiro atoms. The van der Waals surface area contributed by atoms with Gasteiger partial charge in [0.2, 0.25) is 0 Å². The van der Waals surface area contributed by atoms with Gasteiger partial charge in [0.1, 0.15) is 0 Å². The maximum Gasteiger partial charge on any atom is 0.0739 e. The summed E-state index contributed by atoms with van der Waals surface area (Å²) < 4.78 is 3.06. The molecule has 0 fully saturated rings. The zero-order chi connectivity index (χ0) is 13.7. The summed E-state index contributed by atoms with van der Waals surface area (Å²) in [4.78, 5) is 2.37. The highest BCUT2D eigenvalue weighted by molar-refractivity contribution is 9.10. The Morgan fingerprint density at radius 1 is 1.44 bits per heavy atom. The first kappa shape index (κ1) is 15.7. The van der Waals surface area contributed by atoms with Crippen LogP contribution in [0.3, 0.4) is 0 Å². The molecule has 18 heavy (non-hydrogen) atoms. The van der Waals surface area contributed by atoms with Gasteiger partial charge >= 0.3 is 0 Å². The lowest BCUT2D eigenvalue weighted by atomic mass is 10.3. The molecular formula is C13H25BrN4. The minimum absolute atomic E-state index is 0.624. The molecule has 1 aromatic rings. The lowest BCUT2D eigenvalue weighted by molar-refractivity contribution is 0.269. The highest BCUT2D eigenvalue weighted by atomic mass is 79.9. The second-order valence-corrected chi connectivity index (χ2v) is 5.87. The fourth-order valence-electron chi connectivity index (χ4n) is 1.79. The Morgan fingerprint density at radius 2 is 2.11 bits per heavy atom. The van der Waals surface area contributed by atoms with Crippen LogP contribution in [-0.2, 0) is 13.6 Å². The van der Waals surface area contributed by atoms with E-state index in [2.05, 4.69) is 52.1 Å². The molecule has 1 aromatic heterocycles. The van der Waals surface area contributed by atoms with Crippen LogP contribution in [-0.4, -0.2) is 40.9 Å². The smallest absolute Gasteiger partial charge is 0.0739 e. The van der Waals surface area contributed by atoms with Gasteiger partial charge in [-0.1, -0.05) is 0 Å². The highest BCUT2D eigenvalue weighted by Crippen LogP contribution is 2.19. The number of rotatable bonds is 7. The first-order valence-corrected chi connectivity index (χ1v) is 7.31. The van der Waals surface area contributed by atoms with Crippen LogP contribution >= 0.6 is 15.9 Å². The molecule has 0 aliphatic carbocycles. The predicted molar refractivity (Wildman–Crippen MR) is 79.7 cm³/mol. The minimum atomic E-state index is 0.624. The van der Waals surface area contributed by atoms with E-state index >= 15 is 0 Å². The topological polar surface area (TPSA) is 33.1 Å². The first-order valence-electron chi connectivity index (χ1n) is 6.52. The van der Waals surface area contributed by atoms with E-state index in [0.717, 1.165) is 29.8 Å². The third-order valence-electron chi connectivity index (χ3n) is 3.30. The number of nitrogens with zero attached hydrogens (tertiary/aromatic N) is 3. The van der Waals surface area contributed by atoms with Crippen molar-refractivity contribution in [2.45, 2.75) is 39.8 Å². The SMILES string of the molecule is Cc1nn(C)c(CNCCCN(C)C(C)C)c1Br.